The highest BCUT2D eigenvalue weighted by molar-refractivity contribution is 5.86. The molecule has 0 saturated carbocycles. The van der Waals surface area contributed by atoms with Gasteiger partial charge >= 0.3 is 0 Å². The molecule has 0 radical (unpaired) electrons. The minimum absolute atomic E-state index is 0.222. The molecule has 0 amide bonds. The minimum atomic E-state index is -0.222. The van der Waals surface area contributed by atoms with Gasteiger partial charge in [0.25, 0.3) is 0 Å². The van der Waals surface area contributed by atoms with Crippen LogP contribution in [-0.4, -0.2) is 4.98 Å². The summed E-state index contributed by atoms with van der Waals surface area (Å²) in [5.41, 5.74) is 5.30. The second kappa shape index (κ2) is 5.15. The lowest BCUT2D eigenvalue weighted by molar-refractivity contribution is 0.629. The maximum Gasteiger partial charge on any atom is 0.125 e. The lowest BCUT2D eigenvalue weighted by Gasteiger charge is -2.03. The Kier molecular flexibility index (Phi) is 3.01. The van der Waals surface area contributed by atoms with Crippen LogP contribution >= 0.6 is 0 Å². The van der Waals surface area contributed by atoms with Gasteiger partial charge in [-0.2, -0.15) is 0 Å². The van der Waals surface area contributed by atoms with Crippen LogP contribution in [0.15, 0.2) is 78.9 Å². The average Bonchev–Trinajstić information content (AvgIpc) is 2.99. The monoisotopic (exact) mass is 287 g/mol. The predicted octanol–water partition coefficient (Wildman–Crippen LogP) is 5.64. The van der Waals surface area contributed by atoms with Crippen LogP contribution in [-0.2, 0) is 0 Å². The molecule has 4 rings (SSSR count). The molecule has 0 saturated heterocycles. The number of hydrogen-bond donors (Lipinski definition) is 1. The fourth-order valence-corrected chi connectivity index (χ4v) is 2.73. The topological polar surface area (TPSA) is 15.8 Å². The highest BCUT2D eigenvalue weighted by Crippen LogP contribution is 2.27. The summed E-state index contributed by atoms with van der Waals surface area (Å²) >= 11 is 0. The molecule has 0 aliphatic heterocycles. The van der Waals surface area contributed by atoms with Gasteiger partial charge in [0.15, 0.2) is 0 Å². The van der Waals surface area contributed by atoms with Crippen molar-refractivity contribution in [3.05, 3.63) is 84.7 Å². The first-order valence-electron chi connectivity index (χ1n) is 7.24. The molecule has 2 heteroatoms. The standard InChI is InChI=1S/C20H14FN/c21-18-11-10-17-12-19(22-20(17)13-18)16-8-6-15(7-9-16)14-4-2-1-3-5-14/h1-13,22H. The molecule has 106 valence electrons. The predicted molar refractivity (Wildman–Crippen MR) is 89.1 cm³/mol. The lowest BCUT2D eigenvalue weighted by Crippen LogP contribution is -1.80. The summed E-state index contributed by atoms with van der Waals surface area (Å²) in [5, 5.41) is 1.02. The fourth-order valence-electron chi connectivity index (χ4n) is 2.73. The summed E-state index contributed by atoms with van der Waals surface area (Å²) < 4.78 is 13.3. The maximum absolute atomic E-state index is 13.3. The number of benzene rings is 3. The third-order valence-corrected chi connectivity index (χ3v) is 3.89. The van der Waals surface area contributed by atoms with Gasteiger partial charge in [0.05, 0.1) is 0 Å². The maximum atomic E-state index is 13.3. The van der Waals surface area contributed by atoms with E-state index >= 15 is 0 Å². The van der Waals surface area contributed by atoms with E-state index in [0.717, 1.165) is 22.2 Å². The molecule has 0 spiro atoms. The van der Waals surface area contributed by atoms with Crippen molar-refractivity contribution in [3.8, 4) is 22.4 Å². The Balaban J connectivity index is 1.73. The number of aromatic amines is 1. The number of aromatic nitrogens is 1. The van der Waals surface area contributed by atoms with E-state index in [1.165, 1.54) is 23.3 Å². The summed E-state index contributed by atoms with van der Waals surface area (Å²) in [4.78, 5) is 3.27. The van der Waals surface area contributed by atoms with Gasteiger partial charge in [0, 0.05) is 16.6 Å². The summed E-state index contributed by atoms with van der Waals surface area (Å²) in [6.45, 7) is 0. The van der Waals surface area contributed by atoms with Crippen LogP contribution in [0.5, 0.6) is 0 Å². The Bertz CT molecular complexity index is 921. The molecule has 0 atom stereocenters. The van der Waals surface area contributed by atoms with E-state index in [4.69, 9.17) is 0 Å². The van der Waals surface area contributed by atoms with Gasteiger partial charge in [0.1, 0.15) is 5.82 Å². The van der Waals surface area contributed by atoms with Crippen molar-refractivity contribution < 1.29 is 4.39 Å². The Morgan fingerprint density at radius 1 is 0.636 bits per heavy atom. The Morgan fingerprint density at radius 2 is 1.32 bits per heavy atom. The molecule has 1 heterocycles. The van der Waals surface area contributed by atoms with Gasteiger partial charge in [0.2, 0.25) is 0 Å². The first-order chi connectivity index (χ1) is 10.8. The fraction of sp³-hybridized carbons (Fsp3) is 0. The van der Waals surface area contributed by atoms with Crippen molar-refractivity contribution in [2.75, 3.05) is 0 Å². The molecule has 3 aromatic carbocycles. The van der Waals surface area contributed by atoms with Gasteiger partial charge in [-0.15, -0.1) is 0 Å². The van der Waals surface area contributed by atoms with E-state index < -0.39 is 0 Å². The quantitative estimate of drug-likeness (QED) is 0.491. The van der Waals surface area contributed by atoms with Gasteiger partial charge < -0.3 is 4.98 Å². The van der Waals surface area contributed by atoms with E-state index in [1.54, 1.807) is 6.07 Å². The highest BCUT2D eigenvalue weighted by atomic mass is 19.1. The Hall–Kier alpha value is -2.87. The first kappa shape index (κ1) is 12.8. The molecule has 22 heavy (non-hydrogen) atoms. The number of halogens is 1. The van der Waals surface area contributed by atoms with Crippen LogP contribution in [0.4, 0.5) is 4.39 Å². The SMILES string of the molecule is Fc1ccc2cc(-c3ccc(-c4ccccc4)cc3)[nH]c2c1. The molecule has 0 unspecified atom stereocenters. The smallest absolute Gasteiger partial charge is 0.125 e. The summed E-state index contributed by atoms with van der Waals surface area (Å²) in [7, 11) is 0. The zero-order valence-electron chi connectivity index (χ0n) is 11.9. The van der Waals surface area contributed by atoms with Crippen molar-refractivity contribution in [1.82, 2.24) is 4.98 Å². The normalized spacial score (nSPS) is 11.0. The molecule has 0 aliphatic rings. The van der Waals surface area contributed by atoms with Crippen molar-refractivity contribution in [2.45, 2.75) is 0 Å². The van der Waals surface area contributed by atoms with E-state index in [-0.39, 0.29) is 5.82 Å². The van der Waals surface area contributed by atoms with Crippen molar-refractivity contribution in [3.63, 3.8) is 0 Å². The number of hydrogen-bond acceptors (Lipinski definition) is 0. The van der Waals surface area contributed by atoms with Crippen molar-refractivity contribution in [2.24, 2.45) is 0 Å². The largest absolute Gasteiger partial charge is 0.354 e. The first-order valence-corrected chi connectivity index (χ1v) is 7.24. The summed E-state index contributed by atoms with van der Waals surface area (Å²) in [6, 6.07) is 25.5. The van der Waals surface area contributed by atoms with Crippen LogP contribution in [0.1, 0.15) is 0 Å². The van der Waals surface area contributed by atoms with Crippen molar-refractivity contribution >= 4 is 10.9 Å². The van der Waals surface area contributed by atoms with E-state index in [2.05, 4.69) is 41.4 Å². The van der Waals surface area contributed by atoms with Crippen LogP contribution in [0.25, 0.3) is 33.3 Å². The lowest BCUT2D eigenvalue weighted by atomic mass is 10.0. The van der Waals surface area contributed by atoms with Crippen LogP contribution in [0.2, 0.25) is 0 Å². The van der Waals surface area contributed by atoms with Crippen LogP contribution in [0.3, 0.4) is 0 Å². The number of H-pyrrole nitrogens is 1. The molecule has 0 bridgehead atoms. The van der Waals surface area contributed by atoms with E-state index in [0.29, 0.717) is 0 Å². The molecule has 0 aliphatic carbocycles. The van der Waals surface area contributed by atoms with Gasteiger partial charge in [-0.1, -0.05) is 54.6 Å². The molecular formula is C20H14FN. The third kappa shape index (κ3) is 2.29. The number of fused-ring (bicyclic) bond motifs is 1. The van der Waals surface area contributed by atoms with Crippen LogP contribution in [0, 0.1) is 5.82 Å². The van der Waals surface area contributed by atoms with Gasteiger partial charge in [-0.3, -0.25) is 0 Å². The molecule has 1 aromatic heterocycles. The highest BCUT2D eigenvalue weighted by Gasteiger charge is 2.05. The molecule has 1 N–H and O–H groups in total. The molecule has 1 nitrogen and oxygen atoms in total. The second-order valence-electron chi connectivity index (χ2n) is 5.36. The van der Waals surface area contributed by atoms with Crippen LogP contribution < -0.4 is 0 Å². The third-order valence-electron chi connectivity index (χ3n) is 3.89. The van der Waals surface area contributed by atoms with Gasteiger partial charge in [-0.05, 0) is 41.0 Å². The van der Waals surface area contributed by atoms with E-state index in [1.807, 2.05) is 24.3 Å². The molecular weight excluding hydrogens is 273 g/mol. The molecule has 0 fully saturated rings. The van der Waals surface area contributed by atoms with Crippen molar-refractivity contribution in [1.29, 1.82) is 0 Å². The number of nitrogens with one attached hydrogen (secondary N) is 1. The summed E-state index contributed by atoms with van der Waals surface area (Å²) in [5.74, 6) is -0.222. The second-order valence-corrected chi connectivity index (χ2v) is 5.36. The number of rotatable bonds is 2. The minimum Gasteiger partial charge on any atom is -0.354 e. The van der Waals surface area contributed by atoms with E-state index in [9.17, 15) is 4.39 Å². The zero-order valence-corrected chi connectivity index (χ0v) is 11.9. The Morgan fingerprint density at radius 3 is 2.09 bits per heavy atom. The van der Waals surface area contributed by atoms with Gasteiger partial charge in [-0.25, -0.2) is 4.39 Å². The molecule has 4 aromatic rings. The Labute approximate surface area is 128 Å². The average molecular weight is 287 g/mol. The summed E-state index contributed by atoms with van der Waals surface area (Å²) in [6.07, 6.45) is 0. The zero-order chi connectivity index (χ0) is 14.9.